The zero-order valence-electron chi connectivity index (χ0n) is 12.6. The third kappa shape index (κ3) is 4.62. The smallest absolute Gasteiger partial charge is 0.166 e. The highest BCUT2D eigenvalue weighted by molar-refractivity contribution is 8.01. The monoisotopic (exact) mass is 308 g/mol. The molecule has 1 aliphatic rings. The lowest BCUT2D eigenvalue weighted by atomic mass is 9.86. The normalized spacial score (nSPS) is 25.2. The van der Waals surface area contributed by atoms with E-state index in [2.05, 4.69) is 24.1 Å². The molecule has 1 N–H and O–H groups in total. The average molecular weight is 309 g/mol. The van der Waals surface area contributed by atoms with Crippen LogP contribution in [0.4, 0.5) is 0 Å². The van der Waals surface area contributed by atoms with Crippen LogP contribution >= 0.6 is 11.8 Å². The third-order valence-electron chi connectivity index (χ3n) is 4.05. The van der Waals surface area contributed by atoms with Crippen LogP contribution < -0.4 is 5.32 Å². The first-order valence-corrected chi connectivity index (χ1v) is 9.93. The molecule has 1 fully saturated rings. The molecular formula is C13H28N2O2S2. The average Bonchev–Trinajstić information content (AvgIpc) is 2.39. The van der Waals surface area contributed by atoms with Gasteiger partial charge in [0.25, 0.3) is 0 Å². The zero-order valence-corrected chi connectivity index (χ0v) is 14.2. The van der Waals surface area contributed by atoms with Crippen molar-refractivity contribution in [3.63, 3.8) is 0 Å². The molecule has 0 aliphatic carbocycles. The van der Waals surface area contributed by atoms with Crippen LogP contribution in [0.1, 0.15) is 27.2 Å². The summed E-state index contributed by atoms with van der Waals surface area (Å²) in [6.07, 6.45) is 1.05. The summed E-state index contributed by atoms with van der Waals surface area (Å²) in [6.45, 7) is 8.83. The largest absolute Gasteiger partial charge is 0.319 e. The SMILES string of the molecule is CCC(C)(CNC)CN1CCSCC1S(=O)(=O)CC. The maximum Gasteiger partial charge on any atom is 0.166 e. The summed E-state index contributed by atoms with van der Waals surface area (Å²) in [7, 11) is -1.02. The second-order valence-electron chi connectivity index (χ2n) is 5.65. The number of thioether (sulfide) groups is 1. The van der Waals surface area contributed by atoms with Crippen molar-refractivity contribution >= 4 is 21.6 Å². The van der Waals surface area contributed by atoms with E-state index < -0.39 is 9.84 Å². The van der Waals surface area contributed by atoms with Gasteiger partial charge in [-0.25, -0.2) is 8.42 Å². The van der Waals surface area contributed by atoms with Crippen LogP contribution in [0.15, 0.2) is 0 Å². The number of hydrogen-bond donors (Lipinski definition) is 1. The van der Waals surface area contributed by atoms with Crippen LogP contribution in [-0.4, -0.2) is 62.6 Å². The molecule has 0 aromatic carbocycles. The lowest BCUT2D eigenvalue weighted by molar-refractivity contribution is 0.154. The molecule has 0 aromatic heterocycles. The fraction of sp³-hybridized carbons (Fsp3) is 1.00. The highest BCUT2D eigenvalue weighted by Crippen LogP contribution is 2.28. The molecule has 1 rings (SSSR count). The van der Waals surface area contributed by atoms with Gasteiger partial charge in [-0.2, -0.15) is 11.8 Å². The number of rotatable bonds is 7. The lowest BCUT2D eigenvalue weighted by Gasteiger charge is -2.41. The fourth-order valence-corrected chi connectivity index (χ4v) is 5.61. The Morgan fingerprint density at radius 1 is 1.42 bits per heavy atom. The second-order valence-corrected chi connectivity index (χ2v) is 9.24. The van der Waals surface area contributed by atoms with Crippen molar-refractivity contribution in [1.82, 2.24) is 10.2 Å². The minimum atomic E-state index is -2.98. The molecule has 0 aromatic rings. The van der Waals surface area contributed by atoms with Gasteiger partial charge < -0.3 is 5.32 Å². The molecular weight excluding hydrogens is 280 g/mol. The van der Waals surface area contributed by atoms with E-state index in [0.717, 1.165) is 37.6 Å². The fourth-order valence-electron chi connectivity index (χ4n) is 2.53. The first-order valence-electron chi connectivity index (χ1n) is 7.06. The standard InChI is InChI=1S/C13H28N2O2S2/c1-5-13(3,10-14-4)11-15-7-8-18-9-12(15)19(16,17)6-2/h12,14H,5-11H2,1-4H3. The predicted molar refractivity (Wildman–Crippen MR) is 84.5 cm³/mol. The van der Waals surface area contributed by atoms with E-state index in [0.29, 0.717) is 0 Å². The van der Waals surface area contributed by atoms with Gasteiger partial charge in [-0.05, 0) is 18.9 Å². The quantitative estimate of drug-likeness (QED) is 0.771. The third-order valence-corrected chi connectivity index (χ3v) is 7.38. The van der Waals surface area contributed by atoms with Crippen LogP contribution in [0.25, 0.3) is 0 Å². The molecule has 0 bridgehead atoms. The van der Waals surface area contributed by atoms with Crippen LogP contribution in [0.3, 0.4) is 0 Å². The number of sulfone groups is 1. The molecule has 0 spiro atoms. The van der Waals surface area contributed by atoms with Crippen LogP contribution in [0.2, 0.25) is 0 Å². The first-order chi connectivity index (χ1) is 8.88. The summed E-state index contributed by atoms with van der Waals surface area (Å²) >= 11 is 1.76. The summed E-state index contributed by atoms with van der Waals surface area (Å²) in [5.41, 5.74) is 0.137. The van der Waals surface area contributed by atoms with E-state index in [4.69, 9.17) is 0 Å². The van der Waals surface area contributed by atoms with Crippen LogP contribution in [-0.2, 0) is 9.84 Å². The van der Waals surface area contributed by atoms with Gasteiger partial charge in [-0.1, -0.05) is 20.8 Å². The summed E-state index contributed by atoms with van der Waals surface area (Å²) in [5.74, 6) is 1.99. The Balaban J connectivity index is 2.83. The van der Waals surface area contributed by atoms with Crippen molar-refractivity contribution in [2.75, 3.05) is 43.9 Å². The van der Waals surface area contributed by atoms with Crippen molar-refractivity contribution in [3.05, 3.63) is 0 Å². The molecule has 19 heavy (non-hydrogen) atoms. The van der Waals surface area contributed by atoms with Gasteiger partial charge >= 0.3 is 0 Å². The van der Waals surface area contributed by atoms with E-state index in [-0.39, 0.29) is 16.5 Å². The van der Waals surface area contributed by atoms with E-state index in [9.17, 15) is 8.42 Å². The number of nitrogens with one attached hydrogen (secondary N) is 1. The van der Waals surface area contributed by atoms with Crippen LogP contribution in [0.5, 0.6) is 0 Å². The molecule has 1 aliphatic heterocycles. The number of hydrogen-bond acceptors (Lipinski definition) is 5. The Morgan fingerprint density at radius 2 is 2.11 bits per heavy atom. The Hall–Kier alpha value is 0.220. The Kier molecular flexibility index (Phi) is 6.63. The van der Waals surface area contributed by atoms with E-state index in [1.807, 2.05) is 7.05 Å². The topological polar surface area (TPSA) is 49.4 Å². The molecule has 2 atom stereocenters. The van der Waals surface area contributed by atoms with Gasteiger partial charge in [0.2, 0.25) is 0 Å². The van der Waals surface area contributed by atoms with Crippen molar-refractivity contribution in [1.29, 1.82) is 0 Å². The van der Waals surface area contributed by atoms with Gasteiger partial charge in [0.05, 0.1) is 0 Å². The molecule has 4 nitrogen and oxygen atoms in total. The Bertz CT molecular complexity index is 373. The van der Waals surface area contributed by atoms with Gasteiger partial charge in [-0.15, -0.1) is 0 Å². The number of nitrogens with zero attached hydrogens (tertiary/aromatic N) is 1. The van der Waals surface area contributed by atoms with Gasteiger partial charge in [-0.3, -0.25) is 4.90 Å². The minimum absolute atomic E-state index is 0.137. The molecule has 0 saturated carbocycles. The van der Waals surface area contributed by atoms with Gasteiger partial charge in [0.15, 0.2) is 9.84 Å². The Morgan fingerprint density at radius 3 is 2.63 bits per heavy atom. The Labute approximate surface area is 122 Å². The van der Waals surface area contributed by atoms with Crippen molar-refractivity contribution in [2.45, 2.75) is 32.6 Å². The van der Waals surface area contributed by atoms with Crippen LogP contribution in [0, 0.1) is 5.41 Å². The lowest BCUT2D eigenvalue weighted by Crippen LogP contribution is -2.52. The first kappa shape index (κ1) is 17.3. The molecule has 6 heteroatoms. The van der Waals surface area contributed by atoms with Crippen molar-refractivity contribution in [3.8, 4) is 0 Å². The maximum atomic E-state index is 12.2. The van der Waals surface area contributed by atoms with E-state index in [1.165, 1.54) is 0 Å². The summed E-state index contributed by atoms with van der Waals surface area (Å²) in [5, 5.41) is 2.94. The molecule has 1 heterocycles. The molecule has 0 amide bonds. The summed E-state index contributed by atoms with van der Waals surface area (Å²) < 4.78 is 24.5. The highest BCUT2D eigenvalue weighted by Gasteiger charge is 2.36. The zero-order chi connectivity index (χ0) is 14.5. The molecule has 0 radical (unpaired) electrons. The summed E-state index contributed by atoms with van der Waals surface area (Å²) in [6, 6.07) is 0. The van der Waals surface area contributed by atoms with E-state index >= 15 is 0 Å². The highest BCUT2D eigenvalue weighted by atomic mass is 32.2. The molecule has 1 saturated heterocycles. The van der Waals surface area contributed by atoms with Gasteiger partial charge in [0, 0.05) is 36.9 Å². The summed E-state index contributed by atoms with van der Waals surface area (Å²) in [4.78, 5) is 2.19. The van der Waals surface area contributed by atoms with Gasteiger partial charge in [0.1, 0.15) is 5.37 Å². The molecule has 2 unspecified atom stereocenters. The van der Waals surface area contributed by atoms with Crippen molar-refractivity contribution < 1.29 is 8.42 Å². The predicted octanol–water partition coefficient (Wildman–Crippen LogP) is 1.43. The van der Waals surface area contributed by atoms with Crippen molar-refractivity contribution in [2.24, 2.45) is 5.41 Å². The second kappa shape index (κ2) is 7.29. The molecule has 114 valence electrons. The van der Waals surface area contributed by atoms with E-state index in [1.54, 1.807) is 18.7 Å². The minimum Gasteiger partial charge on any atom is -0.319 e. The maximum absolute atomic E-state index is 12.2.